The number of nitrogens with zero attached hydrogens (tertiary/aromatic N) is 2. The van der Waals surface area contributed by atoms with Crippen molar-refractivity contribution < 1.29 is 0 Å². The average molecular weight is 243 g/mol. The zero-order valence-electron chi connectivity index (χ0n) is 6.33. The monoisotopic (exact) mass is 242 g/mol. The fourth-order valence-corrected chi connectivity index (χ4v) is 2.00. The van der Waals surface area contributed by atoms with Crippen LogP contribution in [0.25, 0.3) is 0 Å². The fraction of sp³-hybridized carbons (Fsp3) is 0.250. The highest BCUT2D eigenvalue weighted by Gasteiger charge is 1.99. The van der Waals surface area contributed by atoms with Crippen LogP contribution < -0.4 is 0 Å². The predicted octanol–water partition coefficient (Wildman–Crippen LogP) is 2.85. The Bertz CT molecular complexity index is 295. The molecule has 1 heterocycles. The lowest BCUT2D eigenvalue weighted by atomic mass is 10.5. The lowest BCUT2D eigenvalue weighted by Crippen LogP contribution is -1.82. The lowest BCUT2D eigenvalue weighted by molar-refractivity contribution is 1.10. The second-order valence-corrected chi connectivity index (χ2v) is 3.98. The number of hydrogen-bond acceptors (Lipinski definition) is 3. The molecule has 0 fully saturated rings. The number of rotatable bonds is 3. The molecule has 1 rings (SSSR count). The van der Waals surface area contributed by atoms with Crippen LogP contribution >= 0.6 is 27.7 Å². The molecule has 0 aliphatic carbocycles. The molecular weight excluding hydrogens is 236 g/mol. The van der Waals surface area contributed by atoms with Crippen LogP contribution in [0.15, 0.2) is 27.8 Å². The average Bonchev–Trinajstić information content (AvgIpc) is 2.09. The van der Waals surface area contributed by atoms with Crippen molar-refractivity contribution in [3.63, 3.8) is 0 Å². The van der Waals surface area contributed by atoms with Crippen molar-refractivity contribution in [3.8, 4) is 6.07 Å². The Kier molecular flexibility index (Phi) is 4.12. The quantitative estimate of drug-likeness (QED) is 0.605. The van der Waals surface area contributed by atoms with Gasteiger partial charge in [0.15, 0.2) is 0 Å². The minimum atomic E-state index is 0.563. The molecule has 1 aromatic rings. The molecule has 0 atom stereocenters. The van der Waals surface area contributed by atoms with Crippen molar-refractivity contribution in [2.45, 2.75) is 11.4 Å². The molecule has 1 aromatic heterocycles. The van der Waals surface area contributed by atoms with Crippen LogP contribution in [0.2, 0.25) is 0 Å². The standard InChI is InChI=1S/C8H7BrN2S/c9-7-3-1-5-11-8(7)12-6-2-4-10/h1,3,5H,2,6H2. The summed E-state index contributed by atoms with van der Waals surface area (Å²) in [7, 11) is 0. The molecule has 0 bridgehead atoms. The first-order valence-corrected chi connectivity index (χ1v) is 5.22. The van der Waals surface area contributed by atoms with E-state index in [2.05, 4.69) is 27.0 Å². The third-order valence-corrected chi connectivity index (χ3v) is 3.09. The molecule has 0 unspecified atom stereocenters. The van der Waals surface area contributed by atoms with Crippen molar-refractivity contribution in [1.82, 2.24) is 4.98 Å². The zero-order chi connectivity index (χ0) is 8.81. The molecule has 0 aliphatic rings. The van der Waals surface area contributed by atoms with E-state index in [1.165, 1.54) is 0 Å². The minimum Gasteiger partial charge on any atom is -0.249 e. The molecule has 0 spiro atoms. The minimum absolute atomic E-state index is 0.563. The van der Waals surface area contributed by atoms with Gasteiger partial charge in [0.05, 0.1) is 6.07 Å². The number of aromatic nitrogens is 1. The summed E-state index contributed by atoms with van der Waals surface area (Å²) in [6.07, 6.45) is 2.31. The first-order valence-electron chi connectivity index (χ1n) is 3.45. The smallest absolute Gasteiger partial charge is 0.110 e. The molecule has 0 aromatic carbocycles. The van der Waals surface area contributed by atoms with Crippen LogP contribution in [0.4, 0.5) is 0 Å². The molecule has 0 amide bonds. The third-order valence-electron chi connectivity index (χ3n) is 1.18. The molecule has 4 heteroatoms. The fourth-order valence-electron chi connectivity index (χ4n) is 0.671. The van der Waals surface area contributed by atoms with Crippen molar-refractivity contribution in [2.24, 2.45) is 0 Å². The molecule has 0 N–H and O–H groups in total. The van der Waals surface area contributed by atoms with Gasteiger partial charge in [-0.2, -0.15) is 5.26 Å². The highest BCUT2D eigenvalue weighted by molar-refractivity contribution is 9.10. The number of thioether (sulfide) groups is 1. The first-order chi connectivity index (χ1) is 5.84. The Morgan fingerprint density at radius 2 is 2.50 bits per heavy atom. The topological polar surface area (TPSA) is 36.7 Å². The van der Waals surface area contributed by atoms with E-state index in [1.807, 2.05) is 12.1 Å². The molecular formula is C8H7BrN2S. The van der Waals surface area contributed by atoms with E-state index >= 15 is 0 Å². The van der Waals surface area contributed by atoms with Gasteiger partial charge in [0, 0.05) is 22.8 Å². The summed E-state index contributed by atoms with van der Waals surface area (Å²) in [5.41, 5.74) is 0. The maximum atomic E-state index is 8.32. The summed E-state index contributed by atoms with van der Waals surface area (Å²) in [5.74, 6) is 0.798. The Morgan fingerprint density at radius 1 is 1.67 bits per heavy atom. The van der Waals surface area contributed by atoms with Gasteiger partial charge in [-0.1, -0.05) is 0 Å². The van der Waals surface area contributed by atoms with Crippen LogP contribution in [0.1, 0.15) is 6.42 Å². The Labute approximate surface area is 84.1 Å². The van der Waals surface area contributed by atoms with Crippen molar-refractivity contribution in [3.05, 3.63) is 22.8 Å². The summed E-state index contributed by atoms with van der Waals surface area (Å²) < 4.78 is 0.993. The molecule has 12 heavy (non-hydrogen) atoms. The number of hydrogen-bond donors (Lipinski definition) is 0. The van der Waals surface area contributed by atoms with Crippen LogP contribution in [0.3, 0.4) is 0 Å². The highest BCUT2D eigenvalue weighted by Crippen LogP contribution is 2.24. The maximum Gasteiger partial charge on any atom is 0.110 e. The second-order valence-electron chi connectivity index (χ2n) is 2.05. The van der Waals surface area contributed by atoms with Gasteiger partial charge in [-0.3, -0.25) is 0 Å². The summed E-state index contributed by atoms with van der Waals surface area (Å²) in [4.78, 5) is 4.16. The van der Waals surface area contributed by atoms with E-state index in [0.29, 0.717) is 6.42 Å². The number of halogens is 1. The van der Waals surface area contributed by atoms with Crippen molar-refractivity contribution >= 4 is 27.7 Å². The summed E-state index contributed by atoms with van der Waals surface area (Å²) in [5, 5.41) is 9.27. The molecule has 62 valence electrons. The first kappa shape index (κ1) is 9.56. The van der Waals surface area contributed by atoms with E-state index in [9.17, 15) is 0 Å². The van der Waals surface area contributed by atoms with E-state index in [1.54, 1.807) is 18.0 Å². The van der Waals surface area contributed by atoms with Gasteiger partial charge in [-0.15, -0.1) is 11.8 Å². The third kappa shape index (κ3) is 2.84. The highest BCUT2D eigenvalue weighted by atomic mass is 79.9. The SMILES string of the molecule is N#CCCSc1ncccc1Br. The van der Waals surface area contributed by atoms with Gasteiger partial charge in [-0.05, 0) is 28.1 Å². The molecule has 0 saturated heterocycles. The molecule has 0 aliphatic heterocycles. The van der Waals surface area contributed by atoms with Gasteiger partial charge < -0.3 is 0 Å². The van der Waals surface area contributed by atoms with Gasteiger partial charge in [-0.25, -0.2) is 4.98 Å². The van der Waals surface area contributed by atoms with Gasteiger partial charge >= 0.3 is 0 Å². The van der Waals surface area contributed by atoms with Crippen LogP contribution in [0, 0.1) is 11.3 Å². The van der Waals surface area contributed by atoms with Crippen LogP contribution in [0.5, 0.6) is 0 Å². The normalized spacial score (nSPS) is 9.33. The predicted molar refractivity (Wildman–Crippen MR) is 52.9 cm³/mol. The Balaban J connectivity index is 2.53. The largest absolute Gasteiger partial charge is 0.249 e. The molecule has 0 saturated carbocycles. The summed E-state index contributed by atoms with van der Waals surface area (Å²) >= 11 is 4.97. The molecule has 2 nitrogen and oxygen atoms in total. The second kappa shape index (κ2) is 5.18. The van der Waals surface area contributed by atoms with E-state index in [4.69, 9.17) is 5.26 Å². The van der Waals surface area contributed by atoms with E-state index in [-0.39, 0.29) is 0 Å². The van der Waals surface area contributed by atoms with E-state index in [0.717, 1.165) is 15.3 Å². The van der Waals surface area contributed by atoms with E-state index < -0.39 is 0 Å². The number of nitriles is 1. The maximum absolute atomic E-state index is 8.32. The zero-order valence-corrected chi connectivity index (χ0v) is 8.73. The van der Waals surface area contributed by atoms with Crippen molar-refractivity contribution in [2.75, 3.05) is 5.75 Å². The van der Waals surface area contributed by atoms with Crippen molar-refractivity contribution in [1.29, 1.82) is 5.26 Å². The van der Waals surface area contributed by atoms with Gasteiger partial charge in [0.25, 0.3) is 0 Å². The number of pyridine rings is 1. The van der Waals surface area contributed by atoms with Crippen LogP contribution in [-0.4, -0.2) is 10.7 Å². The summed E-state index contributed by atoms with van der Waals surface area (Å²) in [6, 6.07) is 5.91. The summed E-state index contributed by atoms with van der Waals surface area (Å²) in [6.45, 7) is 0. The Hall–Kier alpha value is -0.530. The Morgan fingerprint density at radius 3 is 3.17 bits per heavy atom. The lowest BCUT2D eigenvalue weighted by Gasteiger charge is -1.98. The van der Waals surface area contributed by atoms with Gasteiger partial charge in [0.1, 0.15) is 5.03 Å². The molecule has 0 radical (unpaired) electrons. The van der Waals surface area contributed by atoms with Gasteiger partial charge in [0.2, 0.25) is 0 Å². The van der Waals surface area contributed by atoms with Crippen LogP contribution in [-0.2, 0) is 0 Å².